The highest BCUT2D eigenvalue weighted by atomic mass is 35.5. The van der Waals surface area contributed by atoms with Crippen molar-refractivity contribution in [2.75, 3.05) is 0 Å². The Labute approximate surface area is 97.6 Å². The van der Waals surface area contributed by atoms with Crippen LogP contribution >= 0.6 is 11.6 Å². The first-order chi connectivity index (χ1) is 7.89. The number of nitrogens with zero attached hydrogens (tertiary/aromatic N) is 2. The summed E-state index contributed by atoms with van der Waals surface area (Å²) in [4.78, 5) is 13.4. The second kappa shape index (κ2) is 3.92. The summed E-state index contributed by atoms with van der Waals surface area (Å²) >= 11 is 5.45. The monoisotopic (exact) mass is 263 g/mol. The van der Waals surface area contributed by atoms with E-state index in [9.17, 15) is 18.0 Å². The Kier molecular flexibility index (Phi) is 2.70. The van der Waals surface area contributed by atoms with E-state index in [0.717, 1.165) is 23.1 Å². The molecule has 0 radical (unpaired) electrons. The standard InChI is InChI=1S/C9H5ClF3N3O/c10-7-2-1-5(3-6(7)9(11,12)13)16-8(17)14-4-15-16/h1-4H,(H,14,15,17). The first-order valence-electron chi connectivity index (χ1n) is 4.39. The fourth-order valence-corrected chi connectivity index (χ4v) is 1.53. The number of H-pyrrole nitrogens is 1. The summed E-state index contributed by atoms with van der Waals surface area (Å²) in [5, 5.41) is 3.15. The number of benzene rings is 1. The number of alkyl halides is 3. The number of nitrogens with one attached hydrogen (secondary N) is 1. The van der Waals surface area contributed by atoms with E-state index in [4.69, 9.17) is 11.6 Å². The molecule has 0 aliphatic heterocycles. The minimum Gasteiger partial charge on any atom is -0.295 e. The van der Waals surface area contributed by atoms with Crippen LogP contribution in [0.2, 0.25) is 5.02 Å². The van der Waals surface area contributed by atoms with E-state index in [1.807, 2.05) is 0 Å². The van der Waals surface area contributed by atoms with E-state index in [2.05, 4.69) is 10.1 Å². The number of aromatic nitrogens is 3. The summed E-state index contributed by atoms with van der Waals surface area (Å²) in [6.45, 7) is 0. The van der Waals surface area contributed by atoms with E-state index in [-0.39, 0.29) is 5.69 Å². The number of rotatable bonds is 1. The van der Waals surface area contributed by atoms with Crippen molar-refractivity contribution in [2.45, 2.75) is 6.18 Å². The van der Waals surface area contributed by atoms with Gasteiger partial charge in [0.05, 0.1) is 16.3 Å². The van der Waals surface area contributed by atoms with Crippen LogP contribution in [0.4, 0.5) is 13.2 Å². The average molecular weight is 264 g/mol. The molecule has 0 spiro atoms. The van der Waals surface area contributed by atoms with Crippen LogP contribution in [0.3, 0.4) is 0 Å². The van der Waals surface area contributed by atoms with Crippen LogP contribution in [0.5, 0.6) is 0 Å². The van der Waals surface area contributed by atoms with E-state index in [1.54, 1.807) is 0 Å². The van der Waals surface area contributed by atoms with Crippen molar-refractivity contribution in [1.29, 1.82) is 0 Å². The van der Waals surface area contributed by atoms with Gasteiger partial charge in [-0.1, -0.05) is 11.6 Å². The lowest BCUT2D eigenvalue weighted by Gasteiger charge is -2.10. The topological polar surface area (TPSA) is 50.7 Å². The van der Waals surface area contributed by atoms with Gasteiger partial charge >= 0.3 is 11.9 Å². The number of hydrogen-bond donors (Lipinski definition) is 1. The van der Waals surface area contributed by atoms with Gasteiger partial charge in [0.15, 0.2) is 0 Å². The third-order valence-corrected chi connectivity index (χ3v) is 2.38. The summed E-state index contributed by atoms with van der Waals surface area (Å²) in [6, 6.07) is 3.12. The predicted octanol–water partition coefficient (Wildman–Crippen LogP) is 2.23. The van der Waals surface area contributed by atoms with E-state index < -0.39 is 22.5 Å². The highest BCUT2D eigenvalue weighted by molar-refractivity contribution is 6.31. The normalized spacial score (nSPS) is 11.8. The number of aromatic amines is 1. The van der Waals surface area contributed by atoms with Crippen molar-refractivity contribution in [3.63, 3.8) is 0 Å². The smallest absolute Gasteiger partial charge is 0.295 e. The Morgan fingerprint density at radius 1 is 1.35 bits per heavy atom. The number of hydrogen-bond acceptors (Lipinski definition) is 2. The van der Waals surface area contributed by atoms with Crippen molar-refractivity contribution in [1.82, 2.24) is 14.8 Å². The van der Waals surface area contributed by atoms with Crippen molar-refractivity contribution in [3.05, 3.63) is 45.6 Å². The molecule has 0 aliphatic carbocycles. The molecule has 0 fully saturated rings. The lowest BCUT2D eigenvalue weighted by atomic mass is 10.2. The maximum atomic E-state index is 12.6. The molecule has 17 heavy (non-hydrogen) atoms. The third kappa shape index (κ3) is 2.19. The van der Waals surface area contributed by atoms with Crippen LogP contribution in [0.1, 0.15) is 5.56 Å². The highest BCUT2D eigenvalue weighted by Gasteiger charge is 2.33. The largest absolute Gasteiger partial charge is 0.417 e. The molecule has 0 amide bonds. The Balaban J connectivity index is 2.60. The van der Waals surface area contributed by atoms with Gasteiger partial charge in [0.2, 0.25) is 0 Å². The van der Waals surface area contributed by atoms with Crippen molar-refractivity contribution < 1.29 is 13.2 Å². The molecule has 0 bridgehead atoms. The zero-order valence-electron chi connectivity index (χ0n) is 8.12. The molecular weight excluding hydrogens is 259 g/mol. The van der Waals surface area contributed by atoms with Crippen LogP contribution in [0.25, 0.3) is 5.69 Å². The Morgan fingerprint density at radius 2 is 2.06 bits per heavy atom. The zero-order valence-corrected chi connectivity index (χ0v) is 8.88. The van der Waals surface area contributed by atoms with Gasteiger partial charge in [-0.3, -0.25) is 4.98 Å². The second-order valence-corrected chi connectivity index (χ2v) is 3.57. The molecule has 1 heterocycles. The molecule has 2 aromatic rings. The molecule has 1 aromatic heterocycles. The molecule has 0 saturated heterocycles. The Bertz CT molecular complexity index is 602. The molecule has 90 valence electrons. The minimum atomic E-state index is -4.58. The quantitative estimate of drug-likeness (QED) is 0.858. The molecule has 8 heteroatoms. The maximum absolute atomic E-state index is 12.6. The first-order valence-corrected chi connectivity index (χ1v) is 4.77. The SMILES string of the molecule is O=c1[nH]cnn1-c1ccc(Cl)c(C(F)(F)F)c1. The van der Waals surface area contributed by atoms with Gasteiger partial charge in [0.25, 0.3) is 0 Å². The Morgan fingerprint density at radius 3 is 2.59 bits per heavy atom. The second-order valence-electron chi connectivity index (χ2n) is 3.17. The maximum Gasteiger partial charge on any atom is 0.417 e. The summed E-state index contributed by atoms with van der Waals surface area (Å²) in [6.07, 6.45) is -3.49. The summed E-state index contributed by atoms with van der Waals surface area (Å²) in [5.74, 6) is 0. The van der Waals surface area contributed by atoms with Gasteiger partial charge in [0.1, 0.15) is 6.33 Å². The summed E-state index contributed by atoms with van der Waals surface area (Å²) in [5.41, 5.74) is -1.64. The molecular formula is C9H5ClF3N3O. The van der Waals surface area contributed by atoms with Crippen LogP contribution in [0.15, 0.2) is 29.3 Å². The van der Waals surface area contributed by atoms with Gasteiger partial charge in [-0.2, -0.15) is 23.0 Å². The van der Waals surface area contributed by atoms with Crippen LogP contribution in [0, 0.1) is 0 Å². The van der Waals surface area contributed by atoms with Crippen LogP contribution in [-0.4, -0.2) is 14.8 Å². The molecule has 0 aliphatic rings. The van der Waals surface area contributed by atoms with Crippen molar-refractivity contribution in [3.8, 4) is 5.69 Å². The summed E-state index contributed by atoms with van der Waals surface area (Å²) < 4.78 is 38.5. The van der Waals surface area contributed by atoms with Gasteiger partial charge < -0.3 is 0 Å². The third-order valence-electron chi connectivity index (χ3n) is 2.05. The van der Waals surface area contributed by atoms with Gasteiger partial charge in [-0.05, 0) is 18.2 Å². The van der Waals surface area contributed by atoms with Gasteiger partial charge in [-0.25, -0.2) is 4.79 Å². The number of halogens is 4. The predicted molar refractivity (Wildman–Crippen MR) is 54.2 cm³/mol. The molecule has 0 unspecified atom stereocenters. The van der Waals surface area contributed by atoms with E-state index in [1.165, 1.54) is 6.07 Å². The average Bonchev–Trinajstić information content (AvgIpc) is 2.63. The lowest BCUT2D eigenvalue weighted by Crippen LogP contribution is -2.17. The van der Waals surface area contributed by atoms with Crippen molar-refractivity contribution in [2.24, 2.45) is 0 Å². The van der Waals surface area contributed by atoms with E-state index in [0.29, 0.717) is 0 Å². The first kappa shape index (κ1) is 11.7. The van der Waals surface area contributed by atoms with E-state index >= 15 is 0 Å². The molecule has 2 rings (SSSR count). The fourth-order valence-electron chi connectivity index (χ4n) is 1.30. The Hall–Kier alpha value is -1.76. The molecule has 0 saturated carbocycles. The zero-order chi connectivity index (χ0) is 12.6. The highest BCUT2D eigenvalue weighted by Crippen LogP contribution is 2.35. The lowest BCUT2D eigenvalue weighted by molar-refractivity contribution is -0.137. The fraction of sp³-hybridized carbons (Fsp3) is 0.111. The molecule has 0 atom stereocenters. The minimum absolute atomic E-state index is 0.00650. The summed E-state index contributed by atoms with van der Waals surface area (Å²) in [7, 11) is 0. The van der Waals surface area contributed by atoms with Crippen LogP contribution < -0.4 is 5.69 Å². The molecule has 4 nitrogen and oxygen atoms in total. The van der Waals surface area contributed by atoms with Gasteiger partial charge in [-0.15, -0.1) is 0 Å². The van der Waals surface area contributed by atoms with Gasteiger partial charge in [0, 0.05) is 0 Å². The van der Waals surface area contributed by atoms with Crippen LogP contribution in [-0.2, 0) is 6.18 Å². The van der Waals surface area contributed by atoms with Crippen molar-refractivity contribution >= 4 is 11.6 Å². The molecule has 1 N–H and O–H groups in total. The molecule has 1 aromatic carbocycles.